The van der Waals surface area contributed by atoms with Gasteiger partial charge in [-0.3, -0.25) is 4.98 Å². The van der Waals surface area contributed by atoms with Crippen molar-refractivity contribution < 1.29 is 0 Å². The van der Waals surface area contributed by atoms with Gasteiger partial charge in [-0.1, -0.05) is 75.9 Å². The van der Waals surface area contributed by atoms with Crippen molar-refractivity contribution in [1.82, 2.24) is 4.98 Å². The molecule has 0 N–H and O–H groups in total. The van der Waals surface area contributed by atoms with Gasteiger partial charge in [0.2, 0.25) is 0 Å². The van der Waals surface area contributed by atoms with Gasteiger partial charge in [-0.15, -0.1) is 11.3 Å². The fourth-order valence-electron chi connectivity index (χ4n) is 5.37. The highest BCUT2D eigenvalue weighted by molar-refractivity contribution is 7.09. The monoisotopic (exact) mass is 456 g/mol. The van der Waals surface area contributed by atoms with Crippen LogP contribution in [0.1, 0.15) is 86.2 Å². The highest BCUT2D eigenvalue weighted by Gasteiger charge is 2.43. The Labute approximate surface area is 203 Å². The third-order valence-corrected chi connectivity index (χ3v) is 8.00. The summed E-state index contributed by atoms with van der Waals surface area (Å²) >= 11 is 1.76. The Morgan fingerprint density at radius 1 is 0.970 bits per heavy atom. The fraction of sp³-hybridized carbons (Fsp3) is 0.467. The summed E-state index contributed by atoms with van der Waals surface area (Å²) in [6.07, 6.45) is 12.0. The maximum Gasteiger partial charge on any atom is 0.105 e. The van der Waals surface area contributed by atoms with Gasteiger partial charge >= 0.3 is 0 Å². The Hall–Kier alpha value is -2.44. The summed E-state index contributed by atoms with van der Waals surface area (Å²) < 4.78 is 0. The number of aromatic nitrogens is 1. The van der Waals surface area contributed by atoms with Crippen LogP contribution in [0.5, 0.6) is 0 Å². The molecule has 0 saturated carbocycles. The molecule has 2 aromatic heterocycles. The normalized spacial score (nSPS) is 17.1. The Kier molecular flexibility index (Phi) is 7.99. The third-order valence-electron chi connectivity index (χ3n) is 7.12. The van der Waals surface area contributed by atoms with E-state index in [1.165, 1.54) is 71.3 Å². The molecule has 1 aromatic carbocycles. The van der Waals surface area contributed by atoms with Crippen LogP contribution in [0.25, 0.3) is 11.1 Å². The molecule has 1 aliphatic carbocycles. The Bertz CT molecular complexity index is 1080. The fourth-order valence-corrected chi connectivity index (χ4v) is 6.18. The molecule has 33 heavy (non-hydrogen) atoms. The maximum absolute atomic E-state index is 10.5. The predicted molar refractivity (Wildman–Crippen MR) is 140 cm³/mol. The number of hydrogen-bond donors (Lipinski definition) is 0. The number of aryl methyl sites for hydroxylation is 1. The van der Waals surface area contributed by atoms with Crippen molar-refractivity contribution in [3.63, 3.8) is 0 Å². The molecule has 3 aromatic rings. The lowest BCUT2D eigenvalue weighted by Gasteiger charge is -2.24. The van der Waals surface area contributed by atoms with Crippen molar-refractivity contribution in [2.75, 3.05) is 0 Å². The number of nitriles is 1. The summed E-state index contributed by atoms with van der Waals surface area (Å²) in [5.74, 6) is 0. The average Bonchev–Trinajstić information content (AvgIpc) is 3.48. The average molecular weight is 457 g/mol. The predicted octanol–water partition coefficient (Wildman–Crippen LogP) is 8.23. The number of hydrogen-bond acceptors (Lipinski definition) is 3. The number of benzene rings is 1. The van der Waals surface area contributed by atoms with Gasteiger partial charge in [0.25, 0.3) is 0 Å². The molecule has 1 atom stereocenters. The molecule has 0 amide bonds. The molecule has 0 saturated heterocycles. The Morgan fingerprint density at radius 2 is 1.73 bits per heavy atom. The molecule has 0 radical (unpaired) electrons. The van der Waals surface area contributed by atoms with Crippen molar-refractivity contribution in [3.05, 3.63) is 75.2 Å². The minimum atomic E-state index is -0.509. The van der Waals surface area contributed by atoms with E-state index in [4.69, 9.17) is 4.98 Å². The van der Waals surface area contributed by atoms with E-state index < -0.39 is 5.41 Å². The molecule has 2 heterocycles. The van der Waals surface area contributed by atoms with Crippen molar-refractivity contribution in [1.29, 1.82) is 5.26 Å². The van der Waals surface area contributed by atoms with Crippen LogP contribution in [0, 0.1) is 11.3 Å². The van der Waals surface area contributed by atoms with Crippen LogP contribution >= 0.6 is 11.3 Å². The second kappa shape index (κ2) is 11.1. The van der Waals surface area contributed by atoms with E-state index in [2.05, 4.69) is 67.8 Å². The third kappa shape index (κ3) is 5.07. The Morgan fingerprint density at radius 3 is 2.39 bits per heavy atom. The summed E-state index contributed by atoms with van der Waals surface area (Å²) in [6, 6.07) is 17.9. The number of rotatable bonds is 11. The van der Waals surface area contributed by atoms with E-state index in [-0.39, 0.29) is 0 Å². The van der Waals surface area contributed by atoms with E-state index in [9.17, 15) is 5.26 Å². The number of fused-ring (bicyclic) bond motifs is 1. The first-order valence-corrected chi connectivity index (χ1v) is 13.6. The number of pyridine rings is 1. The number of unbranched alkanes of at least 4 members (excludes halogenated alkanes) is 4. The van der Waals surface area contributed by atoms with Gasteiger partial charge < -0.3 is 0 Å². The maximum atomic E-state index is 10.5. The van der Waals surface area contributed by atoms with Gasteiger partial charge in [-0.2, -0.15) is 5.26 Å². The lowest BCUT2D eigenvalue weighted by molar-refractivity contribution is 0.530. The van der Waals surface area contributed by atoms with Crippen molar-refractivity contribution >= 4 is 11.3 Å². The van der Waals surface area contributed by atoms with Crippen molar-refractivity contribution in [2.45, 2.75) is 89.9 Å². The highest BCUT2D eigenvalue weighted by atomic mass is 32.1. The van der Waals surface area contributed by atoms with Gasteiger partial charge in [0, 0.05) is 17.0 Å². The highest BCUT2D eigenvalue weighted by Crippen LogP contribution is 2.46. The molecule has 0 unspecified atom stereocenters. The van der Waals surface area contributed by atoms with Gasteiger partial charge in [-0.05, 0) is 72.2 Å². The second-order valence-electron chi connectivity index (χ2n) is 9.47. The summed E-state index contributed by atoms with van der Waals surface area (Å²) in [5.41, 5.74) is 7.30. The van der Waals surface area contributed by atoms with Crippen LogP contribution in [-0.2, 0) is 31.1 Å². The van der Waals surface area contributed by atoms with Crippen LogP contribution < -0.4 is 0 Å². The summed E-state index contributed by atoms with van der Waals surface area (Å²) in [5, 5.41) is 12.6. The summed E-state index contributed by atoms with van der Waals surface area (Å²) in [6.45, 7) is 4.53. The topological polar surface area (TPSA) is 36.7 Å². The zero-order chi connectivity index (χ0) is 23.1. The van der Waals surface area contributed by atoms with E-state index in [1.807, 2.05) is 0 Å². The molecule has 0 spiro atoms. The van der Waals surface area contributed by atoms with Crippen LogP contribution in [-0.4, -0.2) is 4.98 Å². The molecule has 4 rings (SSSR count). The van der Waals surface area contributed by atoms with Crippen LogP contribution in [0.2, 0.25) is 0 Å². The van der Waals surface area contributed by atoms with Crippen LogP contribution in [0.15, 0.2) is 47.8 Å². The SMILES string of the molecule is CCCCCc1nc2c(c(-c3ccccc3)c1CCCCC)CC[C@@]2(C#N)Cc1cccs1. The lowest BCUT2D eigenvalue weighted by Crippen LogP contribution is -2.25. The first-order chi connectivity index (χ1) is 16.2. The van der Waals surface area contributed by atoms with Crippen molar-refractivity contribution in [2.24, 2.45) is 0 Å². The molecule has 0 aliphatic heterocycles. The standard InChI is InChI=1S/C30H36N2S/c1-3-5-8-16-25-27(17-9-6-4-2)32-29-26(28(25)23-13-10-7-11-14-23)18-19-30(29,22-31)21-24-15-12-20-33-24/h7,10-15,20H,3-6,8-9,16-19,21H2,1-2H3/t30-/m0/s1. The van der Waals surface area contributed by atoms with Gasteiger partial charge in [0.1, 0.15) is 5.41 Å². The smallest absolute Gasteiger partial charge is 0.105 e. The first-order valence-electron chi connectivity index (χ1n) is 12.8. The summed E-state index contributed by atoms with van der Waals surface area (Å²) in [7, 11) is 0. The molecule has 0 bridgehead atoms. The molecular weight excluding hydrogens is 420 g/mol. The Balaban J connectivity index is 1.88. The largest absolute Gasteiger partial charge is 0.256 e. The first kappa shape index (κ1) is 23.7. The van der Waals surface area contributed by atoms with Crippen LogP contribution in [0.3, 0.4) is 0 Å². The van der Waals surface area contributed by atoms with E-state index >= 15 is 0 Å². The molecule has 1 aliphatic rings. The zero-order valence-corrected chi connectivity index (χ0v) is 21.0. The molecule has 2 nitrogen and oxygen atoms in total. The number of thiophene rings is 1. The molecular formula is C30H36N2S. The minimum absolute atomic E-state index is 0.509. The second-order valence-corrected chi connectivity index (χ2v) is 10.5. The quantitative estimate of drug-likeness (QED) is 0.272. The van der Waals surface area contributed by atoms with E-state index in [0.717, 1.165) is 37.8 Å². The molecule has 3 heteroatoms. The van der Waals surface area contributed by atoms with Gasteiger partial charge in [0.05, 0.1) is 11.8 Å². The van der Waals surface area contributed by atoms with E-state index in [1.54, 1.807) is 11.3 Å². The summed E-state index contributed by atoms with van der Waals surface area (Å²) in [4.78, 5) is 6.66. The minimum Gasteiger partial charge on any atom is -0.256 e. The van der Waals surface area contributed by atoms with Gasteiger partial charge in [0.15, 0.2) is 0 Å². The van der Waals surface area contributed by atoms with Crippen molar-refractivity contribution in [3.8, 4) is 17.2 Å². The van der Waals surface area contributed by atoms with Crippen LogP contribution in [0.4, 0.5) is 0 Å². The number of nitrogens with zero attached hydrogens (tertiary/aromatic N) is 2. The molecule has 172 valence electrons. The van der Waals surface area contributed by atoms with E-state index in [0.29, 0.717) is 0 Å². The molecule has 0 fully saturated rings. The lowest BCUT2D eigenvalue weighted by atomic mass is 9.81. The van der Waals surface area contributed by atoms with Gasteiger partial charge in [-0.25, -0.2) is 0 Å². The zero-order valence-electron chi connectivity index (χ0n) is 20.2.